The van der Waals surface area contributed by atoms with Gasteiger partial charge < -0.3 is 8.83 Å². The van der Waals surface area contributed by atoms with Crippen molar-refractivity contribution in [3.8, 4) is 45.3 Å². The zero-order chi connectivity index (χ0) is 36.7. The van der Waals surface area contributed by atoms with Gasteiger partial charge in [0.1, 0.15) is 22.3 Å². The molecule has 0 bridgehead atoms. The first-order valence-corrected chi connectivity index (χ1v) is 18.8. The van der Waals surface area contributed by atoms with Crippen LogP contribution in [0.5, 0.6) is 0 Å². The molecule has 0 spiro atoms. The second-order valence-electron chi connectivity index (χ2n) is 14.3. The summed E-state index contributed by atoms with van der Waals surface area (Å²) in [6.07, 6.45) is 0. The lowest BCUT2D eigenvalue weighted by molar-refractivity contribution is 0.668. The molecule has 0 radical (unpaired) electrons. The molecule has 0 atom stereocenters. The molecule has 5 heteroatoms. The maximum Gasteiger partial charge on any atom is 0.164 e. The minimum Gasteiger partial charge on any atom is -0.456 e. The Kier molecular flexibility index (Phi) is 6.56. The SMILES string of the molecule is c1cc(-c2nc(-c3ccc4c(ccc5ccccc54)c3)nc(-c3cc4oc5ccccc5c4c4ccccc34)n2)cc(-c2cccc3oc4ccccc4c23)c1. The van der Waals surface area contributed by atoms with E-state index in [1.54, 1.807) is 0 Å². The third-order valence-electron chi connectivity index (χ3n) is 11.1. The summed E-state index contributed by atoms with van der Waals surface area (Å²) in [5.74, 6) is 1.76. The van der Waals surface area contributed by atoms with Crippen LogP contribution in [0.2, 0.25) is 0 Å². The number of nitrogens with zero attached hydrogens (tertiary/aromatic N) is 3. The number of furan rings is 2. The van der Waals surface area contributed by atoms with Gasteiger partial charge >= 0.3 is 0 Å². The van der Waals surface area contributed by atoms with Gasteiger partial charge in [0.2, 0.25) is 0 Å². The van der Waals surface area contributed by atoms with Crippen LogP contribution in [0.25, 0.3) is 121 Å². The van der Waals surface area contributed by atoms with Crippen LogP contribution in [0.3, 0.4) is 0 Å². The van der Waals surface area contributed by atoms with E-state index in [-0.39, 0.29) is 0 Å². The van der Waals surface area contributed by atoms with Gasteiger partial charge in [-0.05, 0) is 79.8 Å². The number of fused-ring (bicyclic) bond motifs is 11. The Hall–Kier alpha value is -7.63. The van der Waals surface area contributed by atoms with Crippen molar-refractivity contribution in [3.05, 3.63) is 176 Å². The molecule has 5 nitrogen and oxygen atoms in total. The van der Waals surface area contributed by atoms with Crippen LogP contribution in [0.15, 0.2) is 185 Å². The summed E-state index contributed by atoms with van der Waals surface area (Å²) in [6.45, 7) is 0. The van der Waals surface area contributed by atoms with E-state index in [1.807, 2.05) is 36.4 Å². The van der Waals surface area contributed by atoms with Crippen molar-refractivity contribution >= 4 is 76.2 Å². The standard InChI is InChI=1S/C51H29N3O2/c1-2-14-35-30(11-1)23-24-32-28-34(25-26-36(32)35)50-52-49(33-13-9-12-31(27-33)37-19-10-22-45-47(37)40-17-5-7-20-43(40)55-45)53-51(54-50)42-29-46-48(39-16-4-3-15-38(39)42)41-18-6-8-21-44(41)56-46/h1-29H. The highest BCUT2D eigenvalue weighted by Gasteiger charge is 2.20. The van der Waals surface area contributed by atoms with E-state index in [0.29, 0.717) is 17.5 Å². The van der Waals surface area contributed by atoms with Crippen molar-refractivity contribution in [2.45, 2.75) is 0 Å². The van der Waals surface area contributed by atoms with Gasteiger partial charge in [0.25, 0.3) is 0 Å². The monoisotopic (exact) mass is 715 g/mol. The molecular weight excluding hydrogens is 687 g/mol. The predicted octanol–water partition coefficient (Wildman–Crippen LogP) is 13.8. The summed E-state index contributed by atoms with van der Waals surface area (Å²) in [4.78, 5) is 15.7. The highest BCUT2D eigenvalue weighted by atomic mass is 16.3. The lowest BCUT2D eigenvalue weighted by atomic mass is 9.97. The molecular formula is C51H29N3O2. The molecule has 0 fully saturated rings. The molecule has 0 N–H and O–H groups in total. The number of rotatable bonds is 4. The molecule has 0 saturated heterocycles. The molecule has 0 aliphatic carbocycles. The van der Waals surface area contributed by atoms with E-state index >= 15 is 0 Å². The number of para-hydroxylation sites is 2. The minimum atomic E-state index is 0.579. The van der Waals surface area contributed by atoms with Crippen molar-refractivity contribution in [1.82, 2.24) is 15.0 Å². The molecule has 0 unspecified atom stereocenters. The topological polar surface area (TPSA) is 65.0 Å². The molecule has 56 heavy (non-hydrogen) atoms. The second kappa shape index (κ2) is 11.9. The van der Waals surface area contributed by atoms with E-state index in [4.69, 9.17) is 23.8 Å². The Balaban J connectivity index is 1.10. The number of aromatic nitrogens is 3. The Morgan fingerprint density at radius 3 is 1.68 bits per heavy atom. The molecule has 0 aliphatic heterocycles. The van der Waals surface area contributed by atoms with Gasteiger partial charge in [-0.2, -0.15) is 0 Å². The van der Waals surface area contributed by atoms with Crippen LogP contribution in [0.4, 0.5) is 0 Å². The zero-order valence-corrected chi connectivity index (χ0v) is 29.9. The Morgan fingerprint density at radius 2 is 0.857 bits per heavy atom. The second-order valence-corrected chi connectivity index (χ2v) is 14.3. The van der Waals surface area contributed by atoms with E-state index in [9.17, 15) is 0 Å². The van der Waals surface area contributed by atoms with Gasteiger partial charge in [0.15, 0.2) is 17.5 Å². The van der Waals surface area contributed by atoms with Crippen LogP contribution < -0.4 is 0 Å². The molecule has 3 aromatic heterocycles. The fraction of sp³-hybridized carbons (Fsp3) is 0. The van der Waals surface area contributed by atoms with Gasteiger partial charge in [-0.3, -0.25) is 0 Å². The van der Waals surface area contributed by atoms with E-state index in [1.165, 1.54) is 16.2 Å². The largest absolute Gasteiger partial charge is 0.456 e. The van der Waals surface area contributed by atoms with Crippen molar-refractivity contribution < 1.29 is 8.83 Å². The summed E-state index contributed by atoms with van der Waals surface area (Å²) < 4.78 is 12.7. The van der Waals surface area contributed by atoms with Gasteiger partial charge in [-0.15, -0.1) is 0 Å². The summed E-state index contributed by atoms with van der Waals surface area (Å²) >= 11 is 0. The maximum absolute atomic E-state index is 6.48. The summed E-state index contributed by atoms with van der Waals surface area (Å²) in [7, 11) is 0. The summed E-state index contributed by atoms with van der Waals surface area (Å²) in [5, 5.41) is 11.2. The van der Waals surface area contributed by atoms with Crippen molar-refractivity contribution in [2.75, 3.05) is 0 Å². The maximum atomic E-state index is 6.48. The normalized spacial score (nSPS) is 11.9. The Morgan fingerprint density at radius 1 is 0.286 bits per heavy atom. The van der Waals surface area contributed by atoms with Gasteiger partial charge in [0, 0.05) is 38.2 Å². The van der Waals surface area contributed by atoms with Crippen molar-refractivity contribution in [2.24, 2.45) is 0 Å². The highest BCUT2D eigenvalue weighted by molar-refractivity contribution is 6.22. The predicted molar refractivity (Wildman–Crippen MR) is 229 cm³/mol. The van der Waals surface area contributed by atoms with E-state index in [2.05, 4.69) is 140 Å². The molecule has 9 aromatic carbocycles. The first kappa shape index (κ1) is 30.8. The summed E-state index contributed by atoms with van der Waals surface area (Å²) in [5.41, 5.74) is 8.20. The fourth-order valence-corrected chi connectivity index (χ4v) is 8.52. The average Bonchev–Trinajstić information content (AvgIpc) is 3.84. The molecule has 0 amide bonds. The molecule has 0 aliphatic rings. The first-order chi connectivity index (χ1) is 27.7. The quantitative estimate of drug-likeness (QED) is 0.170. The average molecular weight is 716 g/mol. The van der Waals surface area contributed by atoms with Gasteiger partial charge in [-0.1, -0.05) is 140 Å². The van der Waals surface area contributed by atoms with E-state index in [0.717, 1.165) is 87.9 Å². The number of benzene rings is 9. The number of hydrogen-bond acceptors (Lipinski definition) is 5. The minimum absolute atomic E-state index is 0.579. The molecule has 0 saturated carbocycles. The summed E-state index contributed by atoms with van der Waals surface area (Å²) in [6, 6.07) is 61.0. The first-order valence-electron chi connectivity index (χ1n) is 18.8. The van der Waals surface area contributed by atoms with E-state index < -0.39 is 0 Å². The van der Waals surface area contributed by atoms with Crippen molar-refractivity contribution in [3.63, 3.8) is 0 Å². The molecule has 260 valence electrons. The lowest BCUT2D eigenvalue weighted by Gasteiger charge is -2.12. The molecule has 3 heterocycles. The number of hydrogen-bond donors (Lipinski definition) is 0. The Labute approximate surface area is 320 Å². The van der Waals surface area contributed by atoms with Crippen LogP contribution in [0, 0.1) is 0 Å². The van der Waals surface area contributed by atoms with Gasteiger partial charge in [0.05, 0.1) is 0 Å². The Bertz CT molecular complexity index is 3560. The van der Waals surface area contributed by atoms with Crippen LogP contribution in [-0.4, -0.2) is 15.0 Å². The molecule has 12 aromatic rings. The lowest BCUT2D eigenvalue weighted by Crippen LogP contribution is -2.01. The molecule has 12 rings (SSSR count). The third kappa shape index (κ3) is 4.71. The van der Waals surface area contributed by atoms with Crippen molar-refractivity contribution in [1.29, 1.82) is 0 Å². The van der Waals surface area contributed by atoms with Crippen LogP contribution in [0.1, 0.15) is 0 Å². The smallest absolute Gasteiger partial charge is 0.164 e. The highest BCUT2D eigenvalue weighted by Crippen LogP contribution is 2.41. The van der Waals surface area contributed by atoms with Crippen LogP contribution in [-0.2, 0) is 0 Å². The van der Waals surface area contributed by atoms with Gasteiger partial charge in [-0.25, -0.2) is 15.0 Å². The zero-order valence-electron chi connectivity index (χ0n) is 29.9. The van der Waals surface area contributed by atoms with Crippen LogP contribution >= 0.6 is 0 Å². The fourth-order valence-electron chi connectivity index (χ4n) is 8.52. The third-order valence-corrected chi connectivity index (χ3v) is 11.1.